The van der Waals surface area contributed by atoms with E-state index in [9.17, 15) is 34.5 Å². The molecule has 2 N–H and O–H groups in total. The van der Waals surface area contributed by atoms with Crippen molar-refractivity contribution in [1.82, 2.24) is 0 Å². The van der Waals surface area contributed by atoms with E-state index in [0.717, 1.165) is 98.1 Å². The van der Waals surface area contributed by atoms with Crippen LogP contribution in [0.1, 0.15) is 171 Å². The van der Waals surface area contributed by atoms with Crippen molar-refractivity contribution >= 4 is 40.6 Å². The number of rotatable bonds is 18. The van der Waals surface area contributed by atoms with E-state index in [1.165, 1.54) is 12.8 Å². The highest BCUT2D eigenvalue weighted by Gasteiger charge is 2.48. The summed E-state index contributed by atoms with van der Waals surface area (Å²) in [7, 11) is 0. The fourth-order valence-electron chi connectivity index (χ4n) is 9.87. The molecule has 7 rings (SSSR count). The first-order valence-electron chi connectivity index (χ1n) is 22.6. The highest BCUT2D eigenvalue weighted by molar-refractivity contribution is 6.40. The fourth-order valence-corrected chi connectivity index (χ4v) is 9.87. The molecule has 0 aromatic heterocycles. The summed E-state index contributed by atoms with van der Waals surface area (Å²) in [5.74, 6) is -3.18. The molecule has 4 aliphatic rings. The highest BCUT2D eigenvalue weighted by Crippen LogP contribution is 2.52. The van der Waals surface area contributed by atoms with Crippen molar-refractivity contribution in [2.75, 3.05) is 18.0 Å². The molecule has 324 valence electrons. The summed E-state index contributed by atoms with van der Waals surface area (Å²) in [5.41, 5.74) is 5.36. The Hall–Kier alpha value is -5.83. The Morgan fingerprint density at radius 1 is 0.677 bits per heavy atom. The van der Waals surface area contributed by atoms with Crippen molar-refractivity contribution in [3.63, 3.8) is 0 Å². The maximum absolute atomic E-state index is 15.0. The number of carbonyl (C=O) groups excluding carboxylic acids is 2. The van der Waals surface area contributed by atoms with Gasteiger partial charge in [0.05, 0.1) is 22.1 Å². The second-order valence-electron chi connectivity index (χ2n) is 18.3. The Kier molecular flexibility index (Phi) is 12.8. The van der Waals surface area contributed by atoms with Gasteiger partial charge in [-0.1, -0.05) is 116 Å². The molecule has 2 heterocycles. The average Bonchev–Trinajstić information content (AvgIpc) is 3.72. The highest BCUT2D eigenvalue weighted by atomic mass is 16.4. The summed E-state index contributed by atoms with van der Waals surface area (Å²) >= 11 is 0. The summed E-state index contributed by atoms with van der Waals surface area (Å²) < 4.78 is 2.19. The number of anilines is 1. The molecule has 0 atom stereocenters. The molecule has 3 aromatic carbocycles. The van der Waals surface area contributed by atoms with E-state index in [1.54, 1.807) is 48.5 Å². The Morgan fingerprint density at radius 3 is 1.82 bits per heavy atom. The van der Waals surface area contributed by atoms with E-state index in [0.29, 0.717) is 29.8 Å². The number of hydrogen-bond acceptors (Lipinski definition) is 6. The smallest absolute Gasteiger partial charge is 0.335 e. The van der Waals surface area contributed by atoms with Crippen molar-refractivity contribution in [2.24, 2.45) is 0 Å². The van der Waals surface area contributed by atoms with Crippen LogP contribution in [0.3, 0.4) is 0 Å². The third kappa shape index (κ3) is 7.91. The SMILES string of the molecule is CCCCCCCCN1/C(=C/C2=C([O-])C(=C\C3=[N+](CCCCCCCC)c4ccc(C(=O)O)cc4C3(C)C)/C2=C2C(=O)c3ccccc3C2=O)C(C)(C)c2cc(C(=O)O)ccc21. The van der Waals surface area contributed by atoms with E-state index in [1.807, 2.05) is 52.0 Å². The van der Waals surface area contributed by atoms with Crippen molar-refractivity contribution in [2.45, 2.75) is 129 Å². The minimum Gasteiger partial charge on any atom is -0.872 e. The molecule has 0 bridgehead atoms. The number of hydrogen-bond donors (Lipinski definition) is 2. The van der Waals surface area contributed by atoms with Crippen LogP contribution in [0.2, 0.25) is 0 Å². The molecular formula is C53H60N2O7. The molecule has 62 heavy (non-hydrogen) atoms. The molecule has 0 fully saturated rings. The molecule has 3 aromatic rings. The number of ketones is 2. The number of unbranched alkanes of at least 4 members (excludes halogenated alkanes) is 10. The zero-order valence-corrected chi connectivity index (χ0v) is 37.2. The first kappa shape index (κ1) is 44.2. The minimum atomic E-state index is -1.02. The normalized spacial score (nSPS) is 18.6. The lowest BCUT2D eigenvalue weighted by molar-refractivity contribution is -0.438. The van der Waals surface area contributed by atoms with Crippen LogP contribution in [-0.2, 0) is 10.8 Å². The number of fused-ring (bicyclic) bond motifs is 3. The predicted octanol–water partition coefficient (Wildman–Crippen LogP) is 10.8. The number of carbonyl (C=O) groups is 4. The number of carboxylic acids is 2. The van der Waals surface area contributed by atoms with E-state index in [-0.39, 0.29) is 33.6 Å². The van der Waals surface area contributed by atoms with Crippen LogP contribution in [-0.4, -0.2) is 57.1 Å². The Labute approximate surface area is 365 Å². The molecule has 0 unspecified atom stereocenters. The van der Waals surface area contributed by atoms with Gasteiger partial charge in [0.1, 0.15) is 6.54 Å². The van der Waals surface area contributed by atoms with Gasteiger partial charge in [-0.05, 0) is 79.8 Å². The Balaban J connectivity index is 1.40. The largest absolute Gasteiger partial charge is 0.872 e. The van der Waals surface area contributed by atoms with Crippen LogP contribution in [0, 0.1) is 0 Å². The molecule has 9 nitrogen and oxygen atoms in total. The van der Waals surface area contributed by atoms with Crippen molar-refractivity contribution < 1.29 is 39.1 Å². The van der Waals surface area contributed by atoms with Gasteiger partial charge >= 0.3 is 11.9 Å². The lowest BCUT2D eigenvalue weighted by Gasteiger charge is -2.37. The Morgan fingerprint density at radius 2 is 1.23 bits per heavy atom. The summed E-state index contributed by atoms with van der Waals surface area (Å²) in [6.45, 7) is 13.8. The number of aromatic carboxylic acids is 2. The quantitative estimate of drug-likeness (QED) is 0.0559. The van der Waals surface area contributed by atoms with Gasteiger partial charge in [-0.2, -0.15) is 4.58 Å². The molecule has 0 spiro atoms. The lowest BCUT2D eigenvalue weighted by atomic mass is 9.73. The maximum Gasteiger partial charge on any atom is 0.335 e. The van der Waals surface area contributed by atoms with E-state index < -0.39 is 34.3 Å². The summed E-state index contributed by atoms with van der Waals surface area (Å²) in [6.07, 6.45) is 16.7. The molecule has 0 radical (unpaired) electrons. The number of allylic oxidation sites excluding steroid dienone is 6. The molecule has 0 saturated heterocycles. The number of benzene rings is 3. The van der Waals surface area contributed by atoms with Crippen molar-refractivity contribution in [3.8, 4) is 0 Å². The molecule has 0 amide bonds. The topological polar surface area (TPSA) is 138 Å². The first-order chi connectivity index (χ1) is 29.6. The molecule has 2 aliphatic heterocycles. The van der Waals surface area contributed by atoms with Gasteiger partial charge in [0.15, 0.2) is 17.3 Å². The van der Waals surface area contributed by atoms with Crippen LogP contribution >= 0.6 is 0 Å². The van der Waals surface area contributed by atoms with Gasteiger partial charge in [-0.3, -0.25) is 9.59 Å². The summed E-state index contributed by atoms with van der Waals surface area (Å²) in [6, 6.07) is 17.1. The van der Waals surface area contributed by atoms with Gasteiger partial charge in [-0.25, -0.2) is 9.59 Å². The van der Waals surface area contributed by atoms with Crippen LogP contribution < -0.4 is 10.0 Å². The number of carboxylic acid groups (broad SMARTS) is 2. The van der Waals surface area contributed by atoms with Crippen LogP contribution in [0.5, 0.6) is 0 Å². The molecule has 2 aliphatic carbocycles. The Bertz CT molecular complexity index is 2470. The van der Waals surface area contributed by atoms with E-state index >= 15 is 0 Å². The van der Waals surface area contributed by atoms with Gasteiger partial charge in [0.2, 0.25) is 5.69 Å². The first-order valence-corrected chi connectivity index (χ1v) is 22.6. The van der Waals surface area contributed by atoms with Gasteiger partial charge in [0.25, 0.3) is 0 Å². The summed E-state index contributed by atoms with van der Waals surface area (Å²) in [5, 5.41) is 34.9. The van der Waals surface area contributed by atoms with Gasteiger partial charge in [0, 0.05) is 64.2 Å². The van der Waals surface area contributed by atoms with Crippen molar-refractivity contribution in [3.05, 3.63) is 140 Å². The zero-order valence-electron chi connectivity index (χ0n) is 37.2. The summed E-state index contributed by atoms with van der Waals surface area (Å²) in [4.78, 5) is 55.3. The second-order valence-corrected chi connectivity index (χ2v) is 18.3. The second kappa shape index (κ2) is 17.9. The van der Waals surface area contributed by atoms with Crippen LogP contribution in [0.4, 0.5) is 11.4 Å². The molecule has 9 heteroatoms. The van der Waals surface area contributed by atoms with Gasteiger partial charge < -0.3 is 20.2 Å². The van der Waals surface area contributed by atoms with E-state index in [2.05, 4.69) is 23.3 Å². The zero-order chi connectivity index (χ0) is 44.5. The fraction of sp³-hybridized carbons (Fsp3) is 0.415. The minimum absolute atomic E-state index is 0.0302. The van der Waals surface area contributed by atoms with Crippen LogP contribution in [0.15, 0.2) is 107 Å². The standard InChI is InChI=1S/C53H60N2O7/c1-7-9-11-13-15-19-27-54-41-25-23-33(50(59)60)29-39(41)52(3,4)43(54)31-37-45(46-48(57)35-21-17-18-22-36(35)49(46)58)38(47(37)56)32-44-53(5,6)40-30-34(51(61)62)24-26-42(40)55(44)28-20-16-14-12-10-8-2/h17-18,21-26,29-32H,7-16,19-20,27-28H2,1-6H3,(H2-,56,57,58,59,60,61,62). The molecule has 0 saturated carbocycles. The maximum atomic E-state index is 15.0. The third-order valence-electron chi connectivity index (χ3n) is 13.5. The molecular weight excluding hydrogens is 777 g/mol. The van der Waals surface area contributed by atoms with Gasteiger partial charge in [-0.15, -0.1) is 0 Å². The van der Waals surface area contributed by atoms with E-state index in [4.69, 9.17) is 0 Å². The number of nitrogens with zero attached hydrogens (tertiary/aromatic N) is 2. The predicted molar refractivity (Wildman–Crippen MR) is 242 cm³/mol. The van der Waals surface area contributed by atoms with Crippen molar-refractivity contribution in [1.29, 1.82) is 0 Å². The average molecular weight is 837 g/mol. The number of Topliss-reactive ketones (excluding diaryl/α,β-unsaturated/α-hetero) is 2. The third-order valence-corrected chi connectivity index (χ3v) is 13.5. The lowest BCUT2D eigenvalue weighted by Crippen LogP contribution is -2.33. The monoisotopic (exact) mass is 836 g/mol. The van der Waals surface area contributed by atoms with Crippen LogP contribution in [0.25, 0.3) is 0 Å².